The van der Waals surface area contributed by atoms with Crippen LogP contribution in [0, 0.1) is 12.7 Å². The molecule has 0 saturated heterocycles. The predicted molar refractivity (Wildman–Crippen MR) is 121 cm³/mol. The molecular weight excluding hydrogens is 445 g/mol. The molecule has 34 heavy (non-hydrogen) atoms. The minimum absolute atomic E-state index is 0.0681. The monoisotopic (exact) mass is 466 g/mol. The normalized spacial score (nSPS) is 14.5. The fourth-order valence-electron chi connectivity index (χ4n) is 4.25. The highest BCUT2D eigenvalue weighted by Crippen LogP contribution is 2.36. The second-order valence-electron chi connectivity index (χ2n) is 8.11. The van der Waals surface area contributed by atoms with Crippen LogP contribution in [0.15, 0.2) is 52.4 Å². The first-order chi connectivity index (χ1) is 16.3. The number of alkyl halides is 2. The van der Waals surface area contributed by atoms with Gasteiger partial charge in [0, 0.05) is 42.0 Å². The van der Waals surface area contributed by atoms with E-state index in [0.717, 1.165) is 23.0 Å². The average Bonchev–Trinajstić information content (AvgIpc) is 3.29. The van der Waals surface area contributed by atoms with Crippen LogP contribution in [-0.4, -0.2) is 26.1 Å². The Morgan fingerprint density at radius 2 is 1.91 bits per heavy atom. The third-order valence-corrected chi connectivity index (χ3v) is 5.87. The van der Waals surface area contributed by atoms with Crippen molar-refractivity contribution < 1.29 is 13.2 Å². The molecule has 174 valence electrons. The Balaban J connectivity index is 1.73. The lowest BCUT2D eigenvalue weighted by Crippen LogP contribution is -2.21. The Kier molecular flexibility index (Phi) is 5.43. The average molecular weight is 466 g/mol. The number of benzene rings is 1. The van der Waals surface area contributed by atoms with Gasteiger partial charge in [0.25, 0.3) is 6.43 Å². The van der Waals surface area contributed by atoms with Crippen LogP contribution in [0.5, 0.6) is 0 Å². The van der Waals surface area contributed by atoms with Crippen LogP contribution in [0.1, 0.15) is 36.3 Å². The van der Waals surface area contributed by atoms with Gasteiger partial charge in [0.1, 0.15) is 23.3 Å². The van der Waals surface area contributed by atoms with Gasteiger partial charge in [-0.2, -0.15) is 0 Å². The number of aromatic amines is 1. The number of aromatic nitrogens is 4. The standard InChI is InChI=1S/C24H21F3N6O/c1-12(15-4-3-5-16(20(15)25)21(26)27)30-22-18-10-17(14-6-7-19(34)29-11-14)23-28-8-9-33(23)24(18)32-13(2)31-22/h3-7,10-12,21,28H,8-9H2,1-2H3,(H,29,34)/t12-/m1/s1. The lowest BCUT2D eigenvalue weighted by atomic mass is 10.0. The maximum Gasteiger partial charge on any atom is 0.266 e. The first-order valence-electron chi connectivity index (χ1n) is 10.8. The maximum absolute atomic E-state index is 14.8. The summed E-state index contributed by atoms with van der Waals surface area (Å²) in [4.78, 5) is 28.0. The summed E-state index contributed by atoms with van der Waals surface area (Å²) in [6.07, 6.45) is -1.29. The Labute approximate surface area is 192 Å². The highest BCUT2D eigenvalue weighted by molar-refractivity contribution is 5.81. The molecule has 0 aliphatic carbocycles. The van der Waals surface area contributed by atoms with Crippen LogP contribution in [0.25, 0.3) is 22.5 Å². The minimum atomic E-state index is -2.92. The molecule has 2 N–H and O–H groups in total. The second kappa shape index (κ2) is 8.44. The van der Waals surface area contributed by atoms with Gasteiger partial charge in [-0.1, -0.05) is 18.2 Å². The van der Waals surface area contributed by atoms with Crippen molar-refractivity contribution in [1.29, 1.82) is 0 Å². The van der Waals surface area contributed by atoms with E-state index in [0.29, 0.717) is 35.8 Å². The van der Waals surface area contributed by atoms with E-state index in [1.807, 2.05) is 10.6 Å². The van der Waals surface area contributed by atoms with Crippen LogP contribution < -0.4 is 16.4 Å². The number of aryl methyl sites for hydroxylation is 1. The molecule has 2 aromatic rings. The summed E-state index contributed by atoms with van der Waals surface area (Å²) in [5.74, 6) is 1.04. The van der Waals surface area contributed by atoms with E-state index >= 15 is 0 Å². The maximum atomic E-state index is 14.8. The van der Waals surface area contributed by atoms with Gasteiger partial charge in [-0.15, -0.1) is 0 Å². The number of halogens is 3. The largest absolute Gasteiger partial charge is 0.369 e. The van der Waals surface area contributed by atoms with Gasteiger partial charge in [-0.3, -0.25) is 9.79 Å². The summed E-state index contributed by atoms with van der Waals surface area (Å²) in [6.45, 7) is 4.75. The van der Waals surface area contributed by atoms with Gasteiger partial charge in [-0.25, -0.2) is 23.1 Å². The predicted octanol–water partition coefficient (Wildman–Crippen LogP) is 4.21. The number of anilines is 1. The van der Waals surface area contributed by atoms with Crippen LogP contribution >= 0.6 is 0 Å². The highest BCUT2D eigenvalue weighted by Gasteiger charge is 2.25. The van der Waals surface area contributed by atoms with Crippen molar-refractivity contribution in [1.82, 2.24) is 19.5 Å². The van der Waals surface area contributed by atoms with E-state index in [-0.39, 0.29) is 11.1 Å². The zero-order valence-electron chi connectivity index (χ0n) is 18.4. The summed E-state index contributed by atoms with van der Waals surface area (Å²) in [7, 11) is 0. The Bertz CT molecular complexity index is 1470. The number of H-pyrrole nitrogens is 1. The lowest BCUT2D eigenvalue weighted by Gasteiger charge is -2.18. The number of hydrogen-bond acceptors (Lipinski definition) is 5. The van der Waals surface area contributed by atoms with Gasteiger partial charge in [-0.05, 0) is 26.0 Å². The van der Waals surface area contributed by atoms with Gasteiger partial charge in [0.05, 0.1) is 17.2 Å². The summed E-state index contributed by atoms with van der Waals surface area (Å²) >= 11 is 0. The van der Waals surface area contributed by atoms with E-state index in [1.54, 1.807) is 26.1 Å². The van der Waals surface area contributed by atoms with E-state index in [4.69, 9.17) is 0 Å². The molecular formula is C24H21F3N6O. The molecule has 5 rings (SSSR count). The lowest BCUT2D eigenvalue weighted by molar-refractivity contribution is 0.146. The number of pyridine rings is 2. The van der Waals surface area contributed by atoms with Crippen molar-refractivity contribution in [2.45, 2.75) is 32.9 Å². The van der Waals surface area contributed by atoms with Gasteiger partial charge < -0.3 is 14.9 Å². The van der Waals surface area contributed by atoms with Crippen LogP contribution in [-0.2, 0) is 6.54 Å². The number of fused-ring (bicyclic) bond motifs is 3. The molecule has 1 aromatic heterocycles. The summed E-state index contributed by atoms with van der Waals surface area (Å²) in [5, 5.41) is 3.36. The van der Waals surface area contributed by atoms with Crippen molar-refractivity contribution >= 4 is 5.82 Å². The van der Waals surface area contributed by atoms with Crippen molar-refractivity contribution in [3.8, 4) is 22.5 Å². The van der Waals surface area contributed by atoms with Crippen molar-refractivity contribution in [3.05, 3.63) is 81.2 Å². The third kappa shape index (κ3) is 3.74. The van der Waals surface area contributed by atoms with Gasteiger partial charge in [0.15, 0.2) is 5.49 Å². The van der Waals surface area contributed by atoms with E-state index in [1.165, 1.54) is 18.2 Å². The summed E-state index contributed by atoms with van der Waals surface area (Å²) in [6, 6.07) is 8.22. The first-order valence-corrected chi connectivity index (χ1v) is 10.8. The zero-order chi connectivity index (χ0) is 24.0. The highest BCUT2D eigenvalue weighted by atomic mass is 19.3. The molecule has 0 radical (unpaired) electrons. The molecule has 1 atom stereocenters. The molecule has 0 amide bonds. The molecule has 10 heteroatoms. The molecule has 0 fully saturated rings. The Morgan fingerprint density at radius 1 is 1.12 bits per heavy atom. The fraction of sp³-hybridized carbons (Fsp3) is 0.250. The zero-order valence-corrected chi connectivity index (χ0v) is 18.4. The quantitative estimate of drug-likeness (QED) is 0.472. The summed E-state index contributed by atoms with van der Waals surface area (Å²) < 4.78 is 43.2. The molecule has 7 nitrogen and oxygen atoms in total. The molecule has 3 aliphatic heterocycles. The Morgan fingerprint density at radius 3 is 2.65 bits per heavy atom. The van der Waals surface area contributed by atoms with Gasteiger partial charge in [0.2, 0.25) is 5.56 Å². The smallest absolute Gasteiger partial charge is 0.266 e. The van der Waals surface area contributed by atoms with E-state index in [9.17, 15) is 18.0 Å². The third-order valence-electron chi connectivity index (χ3n) is 5.87. The van der Waals surface area contributed by atoms with Gasteiger partial charge >= 0.3 is 0 Å². The number of hydrogen-bond donors (Lipinski definition) is 2. The molecule has 4 heterocycles. The van der Waals surface area contributed by atoms with Crippen molar-refractivity contribution in [2.24, 2.45) is 4.99 Å². The van der Waals surface area contributed by atoms with Crippen LogP contribution in [0.2, 0.25) is 0 Å². The number of nitrogens with one attached hydrogen (secondary N) is 2. The molecule has 3 aliphatic rings. The first kappa shape index (κ1) is 21.9. The molecule has 0 spiro atoms. The fourth-order valence-corrected chi connectivity index (χ4v) is 4.25. The summed E-state index contributed by atoms with van der Waals surface area (Å²) in [5.41, 5.74) is 1.79. The second-order valence-corrected chi connectivity index (χ2v) is 8.11. The SMILES string of the molecule is Cc1nc2n3c(c(-c4ccc(=O)[nH]c4)cc-2c(=N[C@H](C)c2cccc(C(F)F)c2F)n1)NCC3. The van der Waals surface area contributed by atoms with E-state index in [2.05, 4.69) is 25.3 Å². The molecule has 1 aromatic carbocycles. The van der Waals surface area contributed by atoms with Crippen molar-refractivity contribution in [3.63, 3.8) is 0 Å². The number of nitrogens with zero attached hydrogens (tertiary/aromatic N) is 4. The van der Waals surface area contributed by atoms with Crippen LogP contribution in [0.4, 0.5) is 19.0 Å². The minimum Gasteiger partial charge on any atom is -0.369 e. The molecule has 0 bridgehead atoms. The number of rotatable bonds is 4. The molecule has 0 saturated carbocycles. The molecule has 0 unspecified atom stereocenters. The van der Waals surface area contributed by atoms with Crippen molar-refractivity contribution in [2.75, 3.05) is 11.9 Å². The topological polar surface area (TPSA) is 88.0 Å². The van der Waals surface area contributed by atoms with Crippen LogP contribution in [0.3, 0.4) is 0 Å². The Hall–Kier alpha value is -3.95. The van der Waals surface area contributed by atoms with E-state index < -0.39 is 23.8 Å².